The number of ketones is 1. The number of rotatable bonds is 9. The van der Waals surface area contributed by atoms with Crippen LogP contribution in [0.2, 0.25) is 0 Å². The number of methoxy groups -OCH3 is 2. The van der Waals surface area contributed by atoms with Gasteiger partial charge < -0.3 is 14.2 Å². The first-order valence-corrected chi connectivity index (χ1v) is 10.0. The molecule has 0 aliphatic rings. The minimum atomic E-state index is -0.137. The van der Waals surface area contributed by atoms with E-state index in [-0.39, 0.29) is 35.8 Å². The minimum absolute atomic E-state index is 0. The van der Waals surface area contributed by atoms with Gasteiger partial charge >= 0.3 is 0 Å². The summed E-state index contributed by atoms with van der Waals surface area (Å²) in [5, 5.41) is 17.0. The van der Waals surface area contributed by atoms with Crippen molar-refractivity contribution < 1.29 is 19.0 Å². The summed E-state index contributed by atoms with van der Waals surface area (Å²) < 4.78 is 18.4. The van der Waals surface area contributed by atoms with E-state index in [1.807, 2.05) is 12.1 Å². The van der Waals surface area contributed by atoms with E-state index >= 15 is 0 Å². The van der Waals surface area contributed by atoms with Gasteiger partial charge in [0.1, 0.15) is 13.2 Å². The molecule has 0 saturated heterocycles. The van der Waals surface area contributed by atoms with Gasteiger partial charge in [0.05, 0.1) is 13.2 Å². The first-order valence-electron chi connectivity index (χ1n) is 10.0. The van der Waals surface area contributed by atoms with Crippen LogP contribution < -0.4 is 10.4 Å². The average molecular weight is 464 g/mol. The van der Waals surface area contributed by atoms with E-state index in [1.165, 1.54) is 9.20 Å². The summed E-state index contributed by atoms with van der Waals surface area (Å²) in [7, 11) is 3.22. The zero-order valence-corrected chi connectivity index (χ0v) is 19.9. The molecule has 0 unspecified atom stereocenters. The van der Waals surface area contributed by atoms with Gasteiger partial charge in [0.25, 0.3) is 0 Å². The Bertz CT molecular complexity index is 1130. The molecule has 9 nitrogen and oxygen atoms in total. The number of ether oxygens (including phenoxy) is 3. The molecule has 0 atom stereocenters. The summed E-state index contributed by atoms with van der Waals surface area (Å²) in [4.78, 5) is 13.1. The average Bonchev–Trinajstić information content (AvgIpc) is 3.02. The maximum absolute atomic E-state index is 13.1. The van der Waals surface area contributed by atoms with E-state index in [1.54, 1.807) is 26.4 Å². The van der Waals surface area contributed by atoms with Gasteiger partial charge in [0.2, 0.25) is 11.5 Å². The van der Waals surface area contributed by atoms with E-state index in [4.69, 9.17) is 19.6 Å². The van der Waals surface area contributed by atoms with Crippen LogP contribution >= 0.6 is 12.4 Å². The molecule has 0 saturated carbocycles. The number of hydrogen-bond acceptors (Lipinski definition) is 7. The maximum Gasteiger partial charge on any atom is 0.242 e. The number of fused-ring (bicyclic) bond motifs is 1. The summed E-state index contributed by atoms with van der Waals surface area (Å²) >= 11 is 0. The lowest BCUT2D eigenvalue weighted by Crippen LogP contribution is -2.26. The highest BCUT2D eigenvalue weighted by Gasteiger charge is 2.19. The molecule has 0 aliphatic carbocycles. The fourth-order valence-electron chi connectivity index (χ4n) is 3.09. The van der Waals surface area contributed by atoms with Gasteiger partial charge in [-0.2, -0.15) is 4.52 Å². The molecule has 32 heavy (non-hydrogen) atoms. The predicted molar refractivity (Wildman–Crippen MR) is 122 cm³/mol. The maximum atomic E-state index is 13.1. The summed E-state index contributed by atoms with van der Waals surface area (Å²) in [6.45, 7) is 7.44. The minimum Gasteiger partial charge on any atom is -0.474 e. The van der Waals surface area contributed by atoms with Crippen LogP contribution in [0.3, 0.4) is 0 Å². The van der Waals surface area contributed by atoms with Crippen LogP contribution in [-0.2, 0) is 28.0 Å². The SMILES string of the molecule is COCCOc1ccc2nn(CC(=O)c3cc(COC)cc(C(C)(C)C)c3)c(=N)n2n1.Cl. The molecule has 0 bridgehead atoms. The highest BCUT2D eigenvalue weighted by Crippen LogP contribution is 2.25. The lowest BCUT2D eigenvalue weighted by Gasteiger charge is -2.21. The molecular formula is C22H30ClN5O4. The molecule has 3 rings (SSSR count). The van der Waals surface area contributed by atoms with Crippen LogP contribution in [0, 0.1) is 5.41 Å². The van der Waals surface area contributed by atoms with Gasteiger partial charge in [-0.15, -0.1) is 22.6 Å². The Balaban J connectivity index is 0.00000363. The molecule has 0 spiro atoms. The first-order chi connectivity index (χ1) is 14.7. The van der Waals surface area contributed by atoms with E-state index < -0.39 is 0 Å². The Labute approximate surface area is 193 Å². The highest BCUT2D eigenvalue weighted by atomic mass is 35.5. The molecule has 2 aromatic heterocycles. The number of benzene rings is 1. The second-order valence-corrected chi connectivity index (χ2v) is 8.29. The second-order valence-electron chi connectivity index (χ2n) is 8.29. The molecule has 3 aromatic rings. The Hall–Kier alpha value is -2.75. The highest BCUT2D eigenvalue weighted by molar-refractivity contribution is 5.96. The number of hydrogen-bond donors (Lipinski definition) is 1. The van der Waals surface area contributed by atoms with Crippen molar-refractivity contribution in [2.24, 2.45) is 0 Å². The van der Waals surface area contributed by atoms with Crippen LogP contribution in [-0.4, -0.2) is 52.6 Å². The normalized spacial score (nSPS) is 11.4. The summed E-state index contributed by atoms with van der Waals surface area (Å²) in [6.07, 6.45) is 0. The monoisotopic (exact) mass is 463 g/mol. The van der Waals surface area contributed by atoms with E-state index in [2.05, 4.69) is 37.0 Å². The van der Waals surface area contributed by atoms with Gasteiger partial charge in [-0.05, 0) is 34.7 Å². The van der Waals surface area contributed by atoms with Crippen molar-refractivity contribution >= 4 is 23.8 Å². The van der Waals surface area contributed by atoms with Crippen LogP contribution in [0.15, 0.2) is 30.3 Å². The Morgan fingerprint density at radius 2 is 1.81 bits per heavy atom. The van der Waals surface area contributed by atoms with Crippen molar-refractivity contribution in [3.05, 3.63) is 52.6 Å². The lowest BCUT2D eigenvalue weighted by atomic mass is 9.84. The fourth-order valence-corrected chi connectivity index (χ4v) is 3.09. The predicted octanol–water partition coefficient (Wildman–Crippen LogP) is 2.78. The number of halogens is 1. The van der Waals surface area contributed by atoms with Crippen molar-refractivity contribution in [2.75, 3.05) is 27.4 Å². The van der Waals surface area contributed by atoms with Crippen molar-refractivity contribution in [1.82, 2.24) is 19.4 Å². The quantitative estimate of drug-likeness (QED) is 0.386. The smallest absolute Gasteiger partial charge is 0.242 e. The number of carbonyl (C=O) groups excluding carboxylic acids is 1. The molecule has 10 heteroatoms. The van der Waals surface area contributed by atoms with E-state index in [0.717, 1.165) is 11.1 Å². The number of carbonyl (C=O) groups is 1. The van der Waals surface area contributed by atoms with Crippen molar-refractivity contribution in [3.8, 4) is 5.88 Å². The third kappa shape index (κ3) is 5.93. The number of nitrogens with one attached hydrogen (secondary N) is 1. The third-order valence-electron chi connectivity index (χ3n) is 4.78. The number of aromatic nitrogens is 4. The molecule has 0 amide bonds. The summed E-state index contributed by atoms with van der Waals surface area (Å²) in [6, 6.07) is 9.17. The van der Waals surface area contributed by atoms with Crippen molar-refractivity contribution in [1.29, 1.82) is 5.41 Å². The van der Waals surface area contributed by atoms with Gasteiger partial charge in [-0.1, -0.05) is 26.8 Å². The van der Waals surface area contributed by atoms with Gasteiger partial charge in [-0.3, -0.25) is 10.2 Å². The largest absolute Gasteiger partial charge is 0.474 e. The number of nitrogens with zero attached hydrogens (tertiary/aromatic N) is 4. The molecule has 0 fully saturated rings. The molecule has 0 radical (unpaired) electrons. The van der Waals surface area contributed by atoms with Gasteiger partial charge in [0.15, 0.2) is 11.4 Å². The fraction of sp³-hybridized carbons (Fsp3) is 0.455. The Morgan fingerprint density at radius 3 is 2.47 bits per heavy atom. The Morgan fingerprint density at radius 1 is 1.06 bits per heavy atom. The Kier molecular flexibility index (Phi) is 8.54. The van der Waals surface area contributed by atoms with Crippen molar-refractivity contribution in [3.63, 3.8) is 0 Å². The van der Waals surface area contributed by atoms with Crippen molar-refractivity contribution in [2.45, 2.75) is 39.3 Å². The standard InChI is InChI=1S/C22H29N5O4.ClH/c1-22(2,3)17-11-15(14-30-5)10-16(12-17)18(28)13-26-21(23)27-19(24-26)6-7-20(25-27)31-9-8-29-4;/h6-7,10-12,23H,8-9,13-14H2,1-5H3;1H. The third-order valence-corrected chi connectivity index (χ3v) is 4.78. The van der Waals surface area contributed by atoms with Crippen LogP contribution in [0.4, 0.5) is 0 Å². The van der Waals surface area contributed by atoms with Gasteiger partial charge in [0, 0.05) is 25.8 Å². The van der Waals surface area contributed by atoms with Gasteiger partial charge in [-0.25, -0.2) is 4.68 Å². The first kappa shape index (κ1) is 25.5. The molecular weight excluding hydrogens is 434 g/mol. The van der Waals surface area contributed by atoms with E-state index in [0.29, 0.717) is 36.9 Å². The molecule has 1 N–H and O–H groups in total. The topological polar surface area (TPSA) is 104 Å². The van der Waals surface area contributed by atoms with E-state index in [9.17, 15) is 4.79 Å². The van der Waals surface area contributed by atoms with Crippen LogP contribution in [0.5, 0.6) is 5.88 Å². The summed E-state index contributed by atoms with van der Waals surface area (Å²) in [5.74, 6) is 0.220. The zero-order chi connectivity index (χ0) is 22.6. The lowest BCUT2D eigenvalue weighted by molar-refractivity contribution is 0.0965. The summed E-state index contributed by atoms with van der Waals surface area (Å²) in [5.41, 5.74) is 2.89. The molecule has 1 aromatic carbocycles. The second kappa shape index (κ2) is 10.7. The zero-order valence-electron chi connectivity index (χ0n) is 19.0. The molecule has 174 valence electrons. The molecule has 0 aliphatic heterocycles. The molecule has 2 heterocycles. The van der Waals surface area contributed by atoms with Crippen LogP contribution in [0.25, 0.3) is 5.65 Å². The number of Topliss-reactive ketones (excluding diaryl/α,β-unsaturated/α-hetero) is 1. The van der Waals surface area contributed by atoms with Crippen LogP contribution in [0.1, 0.15) is 42.3 Å².